The summed E-state index contributed by atoms with van der Waals surface area (Å²) in [6.07, 6.45) is 10.7. The van der Waals surface area contributed by atoms with Crippen molar-refractivity contribution in [2.24, 2.45) is 11.8 Å². The van der Waals surface area contributed by atoms with Crippen LogP contribution in [-0.4, -0.2) is 62.3 Å². The van der Waals surface area contributed by atoms with Gasteiger partial charge in [0.15, 0.2) is 0 Å². The molecule has 3 rings (SSSR count). The molecule has 0 bridgehead atoms. The van der Waals surface area contributed by atoms with E-state index in [0.717, 1.165) is 49.0 Å². The maximum absolute atomic E-state index is 6.19. The van der Waals surface area contributed by atoms with Crippen LogP contribution in [0.4, 0.5) is 0 Å². The monoisotopic (exact) mass is 498 g/mol. The first-order valence-corrected chi connectivity index (χ1v) is 13.1. The predicted octanol–water partition coefficient (Wildman–Crippen LogP) is 6.27. The van der Waals surface area contributed by atoms with Gasteiger partial charge in [0.2, 0.25) is 0 Å². The Kier molecular flexibility index (Phi) is 10.5. The first-order chi connectivity index (χ1) is 14.6. The van der Waals surface area contributed by atoms with Crippen LogP contribution >= 0.6 is 27.5 Å². The summed E-state index contributed by atoms with van der Waals surface area (Å²) in [5, 5.41) is 0.848. The lowest BCUT2D eigenvalue weighted by Gasteiger charge is -2.37. The van der Waals surface area contributed by atoms with Gasteiger partial charge < -0.3 is 9.64 Å². The van der Waals surface area contributed by atoms with Gasteiger partial charge in [-0.3, -0.25) is 4.90 Å². The molecular weight excluding hydrogens is 460 g/mol. The highest BCUT2D eigenvalue weighted by Crippen LogP contribution is 2.31. The lowest BCUT2D eigenvalue weighted by Crippen LogP contribution is -2.40. The number of likely N-dealkylation sites (tertiary alicyclic amines) is 1. The largest absolute Gasteiger partial charge is 0.383 e. The third-order valence-electron chi connectivity index (χ3n) is 7.40. The summed E-state index contributed by atoms with van der Waals surface area (Å²) in [5.41, 5.74) is 1.37. The van der Waals surface area contributed by atoms with Crippen molar-refractivity contribution in [2.75, 3.05) is 46.4 Å². The number of benzene rings is 1. The molecule has 2 fully saturated rings. The third kappa shape index (κ3) is 7.48. The van der Waals surface area contributed by atoms with Gasteiger partial charge in [0.1, 0.15) is 0 Å². The molecule has 0 unspecified atom stereocenters. The Hall–Kier alpha value is -0.130. The summed E-state index contributed by atoms with van der Waals surface area (Å²) in [7, 11) is 1.81. The molecule has 0 N–H and O–H groups in total. The normalized spacial score (nSPS) is 23.9. The maximum atomic E-state index is 6.19. The minimum absolute atomic E-state index is 0.781. The number of piperidine rings is 1. The average Bonchev–Trinajstić information content (AvgIpc) is 2.77. The van der Waals surface area contributed by atoms with E-state index in [1.807, 2.05) is 13.2 Å². The summed E-state index contributed by atoms with van der Waals surface area (Å²) in [5.74, 6) is 1.72. The molecule has 1 saturated carbocycles. The molecule has 0 spiro atoms. The van der Waals surface area contributed by atoms with Crippen LogP contribution in [-0.2, 0) is 11.2 Å². The fraction of sp³-hybridized carbons (Fsp3) is 0.760. The zero-order chi connectivity index (χ0) is 21.3. The van der Waals surface area contributed by atoms with E-state index in [-0.39, 0.29) is 0 Å². The van der Waals surface area contributed by atoms with Gasteiger partial charge in [0.25, 0.3) is 0 Å². The first kappa shape index (κ1) is 24.5. The second-order valence-corrected chi connectivity index (χ2v) is 10.6. The van der Waals surface area contributed by atoms with Gasteiger partial charge in [0.05, 0.1) is 6.61 Å². The fourth-order valence-electron chi connectivity index (χ4n) is 5.40. The van der Waals surface area contributed by atoms with E-state index in [0.29, 0.717) is 0 Å². The second kappa shape index (κ2) is 12.8. The smallest absolute Gasteiger partial charge is 0.0589 e. The summed E-state index contributed by atoms with van der Waals surface area (Å²) < 4.78 is 6.49. The highest BCUT2D eigenvalue weighted by atomic mass is 79.9. The fourth-order valence-corrected chi connectivity index (χ4v) is 6.00. The Labute approximate surface area is 197 Å². The van der Waals surface area contributed by atoms with E-state index >= 15 is 0 Å². The summed E-state index contributed by atoms with van der Waals surface area (Å²) in [6.45, 7) is 9.21. The maximum Gasteiger partial charge on any atom is 0.0589 e. The molecule has 0 amide bonds. The first-order valence-electron chi connectivity index (χ1n) is 12.0. The molecule has 1 saturated heterocycles. The minimum atomic E-state index is 0.781. The van der Waals surface area contributed by atoms with Gasteiger partial charge in [-0.05, 0) is 113 Å². The van der Waals surface area contributed by atoms with E-state index in [1.54, 1.807) is 0 Å². The zero-order valence-electron chi connectivity index (χ0n) is 18.9. The van der Waals surface area contributed by atoms with Crippen molar-refractivity contribution in [2.45, 2.75) is 64.3 Å². The molecule has 0 atom stereocenters. The number of hydrogen-bond donors (Lipinski definition) is 0. The molecule has 1 aliphatic heterocycles. The number of methoxy groups -OCH3 is 1. The Morgan fingerprint density at radius 3 is 2.50 bits per heavy atom. The van der Waals surface area contributed by atoms with Crippen LogP contribution in [0.1, 0.15) is 57.4 Å². The van der Waals surface area contributed by atoms with Crippen molar-refractivity contribution in [3.05, 3.63) is 33.3 Å². The lowest BCUT2D eigenvalue weighted by atomic mass is 9.83. The predicted molar refractivity (Wildman–Crippen MR) is 132 cm³/mol. The van der Waals surface area contributed by atoms with E-state index in [1.165, 1.54) is 74.6 Å². The molecule has 2 aliphatic rings. The minimum Gasteiger partial charge on any atom is -0.383 e. The number of hydrogen-bond acceptors (Lipinski definition) is 3. The molecule has 5 heteroatoms. The lowest BCUT2D eigenvalue weighted by molar-refractivity contribution is 0.0924. The Morgan fingerprint density at radius 2 is 1.83 bits per heavy atom. The van der Waals surface area contributed by atoms with Crippen LogP contribution < -0.4 is 0 Å². The van der Waals surface area contributed by atoms with E-state index in [4.69, 9.17) is 16.3 Å². The summed E-state index contributed by atoms with van der Waals surface area (Å²) in [6, 6.07) is 6.95. The van der Waals surface area contributed by atoms with Gasteiger partial charge in [0, 0.05) is 29.2 Å². The molecular formula is C25H40BrClN2O. The summed E-state index contributed by atoms with van der Waals surface area (Å²) >= 11 is 9.88. The molecule has 1 aromatic rings. The number of nitrogens with zero attached hydrogens (tertiary/aromatic N) is 2. The SMILES string of the molecule is CCN(CCOC)[C@H]1CC[C@H](CCN2CCC(Cc3cc(Cl)ccc3Br)CC2)CC1. The Balaban J connectivity index is 1.33. The van der Waals surface area contributed by atoms with Gasteiger partial charge in [-0.15, -0.1) is 0 Å². The van der Waals surface area contributed by atoms with Gasteiger partial charge in [-0.2, -0.15) is 0 Å². The van der Waals surface area contributed by atoms with Crippen molar-refractivity contribution >= 4 is 27.5 Å². The highest BCUT2D eigenvalue weighted by Gasteiger charge is 2.26. The van der Waals surface area contributed by atoms with Crippen LogP contribution in [0.5, 0.6) is 0 Å². The summed E-state index contributed by atoms with van der Waals surface area (Å²) in [4.78, 5) is 5.34. The number of likely N-dealkylation sites (N-methyl/N-ethyl adjacent to an activating group) is 1. The Bertz CT molecular complexity index is 628. The standard InChI is InChI=1S/C25H40BrClN2O/c1-3-29(16-17-30-2)24-7-4-20(5-8-24)10-13-28-14-11-21(12-15-28)18-22-19-23(27)6-9-25(22)26/h6,9,19-21,24H,3-5,7-8,10-18H2,1-2H3/t20-,24-. The second-order valence-electron chi connectivity index (χ2n) is 9.31. The number of rotatable bonds is 10. The van der Waals surface area contributed by atoms with Crippen molar-refractivity contribution in [3.8, 4) is 0 Å². The quantitative estimate of drug-likeness (QED) is 0.377. The number of ether oxygens (including phenoxy) is 1. The Morgan fingerprint density at radius 1 is 1.10 bits per heavy atom. The van der Waals surface area contributed by atoms with Crippen molar-refractivity contribution in [3.63, 3.8) is 0 Å². The average molecular weight is 500 g/mol. The van der Waals surface area contributed by atoms with E-state index in [2.05, 4.69) is 44.8 Å². The highest BCUT2D eigenvalue weighted by molar-refractivity contribution is 9.10. The molecule has 1 aromatic carbocycles. The van der Waals surface area contributed by atoms with Crippen molar-refractivity contribution in [1.82, 2.24) is 9.80 Å². The molecule has 1 heterocycles. The van der Waals surface area contributed by atoms with Crippen LogP contribution in [0, 0.1) is 11.8 Å². The molecule has 0 radical (unpaired) electrons. The van der Waals surface area contributed by atoms with Gasteiger partial charge in [-0.1, -0.05) is 34.5 Å². The molecule has 1 aliphatic carbocycles. The van der Waals surface area contributed by atoms with Crippen LogP contribution in [0.25, 0.3) is 0 Å². The van der Waals surface area contributed by atoms with E-state index in [9.17, 15) is 0 Å². The third-order valence-corrected chi connectivity index (χ3v) is 8.41. The van der Waals surface area contributed by atoms with Gasteiger partial charge >= 0.3 is 0 Å². The van der Waals surface area contributed by atoms with Crippen molar-refractivity contribution in [1.29, 1.82) is 0 Å². The van der Waals surface area contributed by atoms with Crippen LogP contribution in [0.15, 0.2) is 22.7 Å². The van der Waals surface area contributed by atoms with E-state index < -0.39 is 0 Å². The topological polar surface area (TPSA) is 15.7 Å². The molecule has 0 aromatic heterocycles. The molecule has 3 nitrogen and oxygen atoms in total. The number of halogens is 2. The molecule has 30 heavy (non-hydrogen) atoms. The zero-order valence-corrected chi connectivity index (χ0v) is 21.3. The van der Waals surface area contributed by atoms with Crippen LogP contribution in [0.2, 0.25) is 5.02 Å². The van der Waals surface area contributed by atoms with Gasteiger partial charge in [-0.25, -0.2) is 0 Å². The van der Waals surface area contributed by atoms with Crippen LogP contribution in [0.3, 0.4) is 0 Å². The van der Waals surface area contributed by atoms with Crippen molar-refractivity contribution < 1.29 is 4.74 Å². The molecule has 170 valence electrons.